The number of ether oxygens (including phenoxy) is 1. The van der Waals surface area contributed by atoms with Crippen LogP contribution in [-0.2, 0) is 22.5 Å². The Bertz CT molecular complexity index is 1680. The molecule has 13 heteroatoms. The number of alkyl halides is 6. The molecule has 1 amide bonds. The van der Waals surface area contributed by atoms with Crippen LogP contribution in [0.2, 0.25) is 0 Å². The summed E-state index contributed by atoms with van der Waals surface area (Å²) in [4.78, 5) is 22.4. The zero-order chi connectivity index (χ0) is 35.5. The standard InChI is InChI=1S/C37H43F6N5O2/c1-2-50-22-21-48-32-13-7-6-12-31(32)45-34(48)44-28-14-18-46(19-15-28)29-16-20-47(30(24-29)23-26-9-4-3-5-10-26)33(49)35(37(41,42)43)17-8-11-27(25-35)36(38,39)40/h3-13,17,28-30H,2,14-16,18-25H2,1H3,(H,44,45)/t29-,30-,35?/m0/s1. The van der Waals surface area contributed by atoms with E-state index in [1.807, 2.05) is 61.5 Å². The van der Waals surface area contributed by atoms with Gasteiger partial charge in [0.1, 0.15) is 0 Å². The molecule has 2 saturated heterocycles. The van der Waals surface area contributed by atoms with Crippen LogP contribution >= 0.6 is 0 Å². The number of rotatable bonds is 10. The van der Waals surface area contributed by atoms with Gasteiger partial charge >= 0.3 is 12.4 Å². The summed E-state index contributed by atoms with van der Waals surface area (Å²) in [5.41, 5.74) is -1.86. The fraction of sp³-hybridized carbons (Fsp3) is 0.514. The van der Waals surface area contributed by atoms with Crippen LogP contribution < -0.4 is 5.32 Å². The highest BCUT2D eigenvalue weighted by Crippen LogP contribution is 2.51. The molecule has 1 unspecified atom stereocenters. The molecule has 3 aromatic rings. The van der Waals surface area contributed by atoms with Gasteiger partial charge in [0, 0.05) is 62.9 Å². The number of aromatic nitrogens is 2. The molecule has 3 aliphatic rings. The monoisotopic (exact) mass is 703 g/mol. The highest BCUT2D eigenvalue weighted by atomic mass is 19.4. The largest absolute Gasteiger partial charge is 0.412 e. The summed E-state index contributed by atoms with van der Waals surface area (Å²) in [6.07, 6.45) is -6.88. The Kier molecular flexibility index (Phi) is 10.6. The third-order valence-electron chi connectivity index (χ3n) is 10.4. The van der Waals surface area contributed by atoms with Crippen molar-refractivity contribution in [3.8, 4) is 0 Å². The number of allylic oxidation sites excluding steroid dienone is 3. The van der Waals surface area contributed by atoms with Crippen LogP contribution in [0.3, 0.4) is 0 Å². The molecule has 6 rings (SSSR count). The molecule has 2 aromatic carbocycles. The number of piperidine rings is 2. The van der Waals surface area contributed by atoms with Crippen LogP contribution in [0.25, 0.3) is 11.0 Å². The smallest absolute Gasteiger partial charge is 0.380 e. The molecule has 7 nitrogen and oxygen atoms in total. The van der Waals surface area contributed by atoms with Gasteiger partial charge in [-0.2, -0.15) is 26.3 Å². The number of nitrogens with one attached hydrogen (secondary N) is 1. The quantitative estimate of drug-likeness (QED) is 0.175. The molecule has 0 saturated carbocycles. The predicted molar refractivity (Wildman–Crippen MR) is 179 cm³/mol. The first-order chi connectivity index (χ1) is 23.9. The van der Waals surface area contributed by atoms with E-state index >= 15 is 0 Å². The molecule has 3 atom stereocenters. The van der Waals surface area contributed by atoms with E-state index in [2.05, 4.69) is 14.8 Å². The van der Waals surface area contributed by atoms with E-state index in [9.17, 15) is 31.1 Å². The molecule has 2 aliphatic heterocycles. The number of imidazole rings is 1. The number of hydrogen-bond donors (Lipinski definition) is 1. The Balaban J connectivity index is 1.16. The highest BCUT2D eigenvalue weighted by molar-refractivity contribution is 5.87. The number of amides is 1. The van der Waals surface area contributed by atoms with E-state index in [1.54, 1.807) is 0 Å². The second kappa shape index (κ2) is 14.8. The van der Waals surface area contributed by atoms with E-state index in [0.29, 0.717) is 51.2 Å². The van der Waals surface area contributed by atoms with Crippen molar-refractivity contribution < 1.29 is 35.9 Å². The fourth-order valence-electron chi connectivity index (χ4n) is 7.67. The van der Waals surface area contributed by atoms with Crippen molar-refractivity contribution in [1.82, 2.24) is 19.4 Å². The zero-order valence-electron chi connectivity index (χ0n) is 28.0. The Labute approximate surface area is 288 Å². The first-order valence-electron chi connectivity index (χ1n) is 17.3. The average Bonchev–Trinajstić information content (AvgIpc) is 3.44. The molecule has 1 aliphatic carbocycles. The van der Waals surface area contributed by atoms with E-state index in [4.69, 9.17) is 9.72 Å². The Morgan fingerprint density at radius 1 is 0.980 bits per heavy atom. The number of carbonyl (C=O) groups is 1. The summed E-state index contributed by atoms with van der Waals surface area (Å²) in [7, 11) is 0. The summed E-state index contributed by atoms with van der Waals surface area (Å²) < 4.78 is 92.9. The van der Waals surface area contributed by atoms with Gasteiger partial charge in [-0.1, -0.05) is 60.7 Å². The lowest BCUT2D eigenvalue weighted by atomic mass is 9.75. The topological polar surface area (TPSA) is 62.6 Å². The maximum Gasteiger partial charge on any atom is 0.412 e. The molecule has 0 bridgehead atoms. The molecule has 270 valence electrons. The number of para-hydroxylation sites is 2. The average molecular weight is 704 g/mol. The third kappa shape index (κ3) is 7.58. The summed E-state index contributed by atoms with van der Waals surface area (Å²) >= 11 is 0. The zero-order valence-corrected chi connectivity index (χ0v) is 28.0. The van der Waals surface area contributed by atoms with Crippen LogP contribution in [0.5, 0.6) is 0 Å². The van der Waals surface area contributed by atoms with Crippen LogP contribution in [-0.4, -0.2) is 88.6 Å². The number of carbonyl (C=O) groups excluding carboxylic acids is 1. The fourth-order valence-corrected chi connectivity index (χ4v) is 7.67. The Morgan fingerprint density at radius 2 is 1.70 bits per heavy atom. The van der Waals surface area contributed by atoms with Gasteiger partial charge in [0.05, 0.1) is 17.6 Å². The van der Waals surface area contributed by atoms with Crippen LogP contribution in [0.1, 0.15) is 44.6 Å². The highest BCUT2D eigenvalue weighted by Gasteiger charge is 2.63. The number of anilines is 1. The van der Waals surface area contributed by atoms with Gasteiger partial charge in [-0.25, -0.2) is 4.98 Å². The minimum atomic E-state index is -5.21. The van der Waals surface area contributed by atoms with Crippen molar-refractivity contribution in [3.05, 3.63) is 84.0 Å². The van der Waals surface area contributed by atoms with Crippen molar-refractivity contribution >= 4 is 22.9 Å². The van der Waals surface area contributed by atoms with Crippen LogP contribution in [0, 0.1) is 5.41 Å². The van der Waals surface area contributed by atoms with Gasteiger partial charge in [0.25, 0.3) is 0 Å². The van der Waals surface area contributed by atoms with E-state index < -0.39 is 41.7 Å². The van der Waals surface area contributed by atoms with Crippen molar-refractivity contribution in [2.24, 2.45) is 5.41 Å². The third-order valence-corrected chi connectivity index (χ3v) is 10.4. The molecule has 0 spiro atoms. The predicted octanol–water partition coefficient (Wildman–Crippen LogP) is 7.55. The van der Waals surface area contributed by atoms with Crippen LogP contribution in [0.15, 0.2) is 78.4 Å². The number of nitrogens with zero attached hydrogens (tertiary/aromatic N) is 4. The molecule has 50 heavy (non-hydrogen) atoms. The molecule has 2 fully saturated rings. The van der Waals surface area contributed by atoms with Gasteiger partial charge in [0.2, 0.25) is 11.9 Å². The lowest BCUT2D eigenvalue weighted by Gasteiger charge is -2.48. The lowest BCUT2D eigenvalue weighted by molar-refractivity contribution is -0.218. The van der Waals surface area contributed by atoms with Gasteiger partial charge in [-0.3, -0.25) is 4.79 Å². The maximum atomic E-state index is 14.7. The summed E-state index contributed by atoms with van der Waals surface area (Å²) in [6.45, 7) is 5.35. The lowest BCUT2D eigenvalue weighted by Crippen LogP contribution is -2.60. The number of fused-ring (bicyclic) bond motifs is 1. The SMILES string of the molecule is CCOCCn1c(NC2CCN([C@H]3CCN(C(=O)C4(C(F)(F)F)C=CC=C(C(F)(F)F)C4)[C@@H](Cc4ccccc4)C3)CC2)nc2ccccc21. The van der Waals surface area contributed by atoms with Crippen molar-refractivity contribution in [2.75, 3.05) is 38.2 Å². The number of hydrogen-bond acceptors (Lipinski definition) is 5. The summed E-state index contributed by atoms with van der Waals surface area (Å²) in [5, 5.41) is 3.64. The number of halogens is 6. The minimum Gasteiger partial charge on any atom is -0.380 e. The van der Waals surface area contributed by atoms with Gasteiger partial charge < -0.3 is 24.4 Å². The molecule has 3 heterocycles. The second-order valence-electron chi connectivity index (χ2n) is 13.4. The number of benzene rings is 2. The molecule has 0 radical (unpaired) electrons. The van der Waals surface area contributed by atoms with Crippen molar-refractivity contribution in [2.45, 2.75) is 82.5 Å². The van der Waals surface area contributed by atoms with E-state index in [-0.39, 0.29) is 18.6 Å². The summed E-state index contributed by atoms with van der Waals surface area (Å²) in [6, 6.07) is 16.7. The molecule has 1 aromatic heterocycles. The Morgan fingerprint density at radius 3 is 2.40 bits per heavy atom. The molecule has 1 N–H and O–H groups in total. The van der Waals surface area contributed by atoms with Gasteiger partial charge in [-0.15, -0.1) is 0 Å². The van der Waals surface area contributed by atoms with Crippen LogP contribution in [0.4, 0.5) is 32.3 Å². The Hall–Kier alpha value is -3.84. The summed E-state index contributed by atoms with van der Waals surface area (Å²) in [5.74, 6) is -0.524. The van der Waals surface area contributed by atoms with E-state index in [0.717, 1.165) is 54.6 Å². The van der Waals surface area contributed by atoms with Crippen molar-refractivity contribution in [1.29, 1.82) is 0 Å². The van der Waals surface area contributed by atoms with E-state index in [1.165, 1.54) is 4.90 Å². The molecular weight excluding hydrogens is 660 g/mol. The van der Waals surface area contributed by atoms with Crippen molar-refractivity contribution in [3.63, 3.8) is 0 Å². The molecular formula is C37H43F6N5O2. The minimum absolute atomic E-state index is 0.0128. The second-order valence-corrected chi connectivity index (χ2v) is 13.4. The van der Waals surface area contributed by atoms with Gasteiger partial charge in [-0.05, 0) is 56.7 Å². The first kappa shape index (κ1) is 36.0. The number of likely N-dealkylation sites (tertiary alicyclic amines) is 2. The normalized spacial score (nSPS) is 24.1. The van der Waals surface area contributed by atoms with Gasteiger partial charge in [0.15, 0.2) is 5.41 Å². The first-order valence-corrected chi connectivity index (χ1v) is 17.3. The maximum absolute atomic E-state index is 14.7.